The van der Waals surface area contributed by atoms with Crippen LogP contribution in [0.3, 0.4) is 0 Å². The van der Waals surface area contributed by atoms with Crippen LogP contribution in [0.1, 0.15) is 24.5 Å². The second-order valence-corrected chi connectivity index (χ2v) is 5.14. The van der Waals surface area contributed by atoms with Crippen LogP contribution in [-0.4, -0.2) is 32.3 Å². The molecule has 0 saturated carbocycles. The van der Waals surface area contributed by atoms with E-state index in [1.807, 2.05) is 0 Å². The van der Waals surface area contributed by atoms with Gasteiger partial charge in [-0.25, -0.2) is 0 Å². The number of hydrogen-bond donors (Lipinski definition) is 1. The molecule has 18 heavy (non-hydrogen) atoms. The van der Waals surface area contributed by atoms with E-state index in [1.165, 1.54) is 16.8 Å². The highest BCUT2D eigenvalue weighted by atomic mass is 16.5. The molecule has 1 saturated heterocycles. The summed E-state index contributed by atoms with van der Waals surface area (Å²) < 4.78 is 5.70. The number of ether oxygens (including phenoxy) is 1. The average Bonchev–Trinajstić information content (AvgIpc) is 2.54. The number of nitrogens with zero attached hydrogens (tertiary/aromatic N) is 1. The van der Waals surface area contributed by atoms with Crippen LogP contribution >= 0.6 is 0 Å². The molecule has 1 unspecified atom stereocenters. The summed E-state index contributed by atoms with van der Waals surface area (Å²) in [6.45, 7) is 8.00. The first kappa shape index (κ1) is 13.4. The van der Waals surface area contributed by atoms with Crippen molar-refractivity contribution < 1.29 is 4.74 Å². The molecule has 0 bridgehead atoms. The van der Waals surface area contributed by atoms with Crippen molar-refractivity contribution in [3.8, 4) is 0 Å². The molecule has 1 aliphatic rings. The largest absolute Gasteiger partial charge is 0.377 e. The van der Waals surface area contributed by atoms with Gasteiger partial charge in [0.2, 0.25) is 0 Å². The van der Waals surface area contributed by atoms with Gasteiger partial charge in [-0.1, -0.05) is 12.1 Å². The Labute approximate surface area is 110 Å². The predicted molar refractivity (Wildman–Crippen MR) is 76.2 cm³/mol. The molecule has 1 fully saturated rings. The first-order valence-corrected chi connectivity index (χ1v) is 6.87. The zero-order valence-electron chi connectivity index (χ0n) is 11.5. The van der Waals surface area contributed by atoms with Gasteiger partial charge in [-0.3, -0.25) is 0 Å². The van der Waals surface area contributed by atoms with Gasteiger partial charge in [-0.2, -0.15) is 0 Å². The number of rotatable bonds is 3. The molecule has 1 heterocycles. The molecule has 0 aliphatic carbocycles. The Hall–Kier alpha value is -1.06. The lowest BCUT2D eigenvalue weighted by atomic mass is 10.1. The number of hydrogen-bond acceptors (Lipinski definition) is 3. The van der Waals surface area contributed by atoms with Gasteiger partial charge in [0.1, 0.15) is 0 Å². The van der Waals surface area contributed by atoms with E-state index in [4.69, 9.17) is 10.5 Å². The lowest BCUT2D eigenvalue weighted by Gasteiger charge is -2.26. The minimum absolute atomic E-state index is 0.315. The Morgan fingerprint density at radius 2 is 2.28 bits per heavy atom. The van der Waals surface area contributed by atoms with Crippen molar-refractivity contribution in [3.05, 3.63) is 29.3 Å². The van der Waals surface area contributed by atoms with Gasteiger partial charge in [-0.15, -0.1) is 0 Å². The van der Waals surface area contributed by atoms with Crippen LogP contribution in [0.5, 0.6) is 0 Å². The van der Waals surface area contributed by atoms with Gasteiger partial charge >= 0.3 is 0 Å². The molecule has 1 aliphatic heterocycles. The lowest BCUT2D eigenvalue weighted by Crippen LogP contribution is -2.30. The standard InChI is InChI=1S/C15H24N2O/c1-12-10-14(6-7-16)4-5-15(12)17-8-3-9-18-13(2)11-17/h4-5,10,13H,3,6-9,11,16H2,1-2H3. The summed E-state index contributed by atoms with van der Waals surface area (Å²) in [5, 5.41) is 0. The summed E-state index contributed by atoms with van der Waals surface area (Å²) in [6, 6.07) is 6.70. The topological polar surface area (TPSA) is 38.5 Å². The van der Waals surface area contributed by atoms with Crippen LogP contribution in [0, 0.1) is 6.92 Å². The summed E-state index contributed by atoms with van der Waals surface area (Å²) in [5.41, 5.74) is 9.62. The number of benzene rings is 1. The van der Waals surface area contributed by atoms with E-state index in [-0.39, 0.29) is 0 Å². The highest BCUT2D eigenvalue weighted by Gasteiger charge is 2.16. The second kappa shape index (κ2) is 6.21. The third kappa shape index (κ3) is 3.24. The summed E-state index contributed by atoms with van der Waals surface area (Å²) in [6.07, 6.45) is 2.38. The van der Waals surface area contributed by atoms with Crippen LogP contribution in [0.25, 0.3) is 0 Å². The molecule has 0 spiro atoms. The summed E-state index contributed by atoms with van der Waals surface area (Å²) in [5.74, 6) is 0. The van der Waals surface area contributed by atoms with Crippen molar-refractivity contribution >= 4 is 5.69 Å². The summed E-state index contributed by atoms with van der Waals surface area (Å²) in [4.78, 5) is 2.44. The number of nitrogens with two attached hydrogens (primary N) is 1. The highest BCUT2D eigenvalue weighted by Crippen LogP contribution is 2.23. The number of aryl methyl sites for hydroxylation is 1. The molecule has 0 radical (unpaired) electrons. The molecule has 1 aromatic carbocycles. The molecule has 2 rings (SSSR count). The minimum Gasteiger partial charge on any atom is -0.377 e. The maximum Gasteiger partial charge on any atom is 0.0721 e. The van der Waals surface area contributed by atoms with Gasteiger partial charge in [0, 0.05) is 25.4 Å². The van der Waals surface area contributed by atoms with E-state index in [0.29, 0.717) is 12.6 Å². The first-order valence-electron chi connectivity index (χ1n) is 6.87. The fraction of sp³-hybridized carbons (Fsp3) is 0.600. The third-order valence-electron chi connectivity index (χ3n) is 3.49. The van der Waals surface area contributed by atoms with Crippen molar-refractivity contribution in [3.63, 3.8) is 0 Å². The third-order valence-corrected chi connectivity index (χ3v) is 3.49. The van der Waals surface area contributed by atoms with Crippen LogP contribution in [0.4, 0.5) is 5.69 Å². The SMILES string of the molecule is Cc1cc(CCN)ccc1N1CCCOC(C)C1. The minimum atomic E-state index is 0.315. The molecular formula is C15H24N2O. The van der Waals surface area contributed by atoms with Crippen molar-refractivity contribution in [2.75, 3.05) is 31.1 Å². The quantitative estimate of drug-likeness (QED) is 0.890. The van der Waals surface area contributed by atoms with E-state index in [2.05, 4.69) is 36.9 Å². The van der Waals surface area contributed by atoms with Crippen molar-refractivity contribution in [2.45, 2.75) is 32.8 Å². The molecule has 1 aromatic rings. The van der Waals surface area contributed by atoms with Crippen LogP contribution in [0.2, 0.25) is 0 Å². The van der Waals surface area contributed by atoms with Gasteiger partial charge in [0.25, 0.3) is 0 Å². The van der Waals surface area contributed by atoms with Gasteiger partial charge < -0.3 is 15.4 Å². The van der Waals surface area contributed by atoms with E-state index in [9.17, 15) is 0 Å². The smallest absolute Gasteiger partial charge is 0.0721 e. The Balaban J connectivity index is 2.16. The Morgan fingerprint density at radius 1 is 1.44 bits per heavy atom. The fourth-order valence-corrected chi connectivity index (χ4v) is 2.61. The predicted octanol–water partition coefficient (Wildman–Crippen LogP) is 2.11. The zero-order chi connectivity index (χ0) is 13.0. The lowest BCUT2D eigenvalue weighted by molar-refractivity contribution is 0.0821. The van der Waals surface area contributed by atoms with Crippen LogP contribution < -0.4 is 10.6 Å². The monoisotopic (exact) mass is 248 g/mol. The average molecular weight is 248 g/mol. The molecule has 3 nitrogen and oxygen atoms in total. The Morgan fingerprint density at radius 3 is 3.00 bits per heavy atom. The van der Waals surface area contributed by atoms with Crippen LogP contribution in [0.15, 0.2) is 18.2 Å². The van der Waals surface area contributed by atoms with E-state index < -0.39 is 0 Å². The molecule has 1 atom stereocenters. The van der Waals surface area contributed by atoms with Crippen LogP contribution in [-0.2, 0) is 11.2 Å². The molecular weight excluding hydrogens is 224 g/mol. The fourth-order valence-electron chi connectivity index (χ4n) is 2.61. The van der Waals surface area contributed by atoms with E-state index in [1.54, 1.807) is 0 Å². The summed E-state index contributed by atoms with van der Waals surface area (Å²) >= 11 is 0. The normalized spacial score (nSPS) is 20.8. The van der Waals surface area contributed by atoms with E-state index in [0.717, 1.165) is 32.5 Å². The van der Waals surface area contributed by atoms with E-state index >= 15 is 0 Å². The van der Waals surface area contributed by atoms with Crippen molar-refractivity contribution in [1.82, 2.24) is 0 Å². The highest BCUT2D eigenvalue weighted by molar-refractivity contribution is 5.54. The Bertz CT molecular complexity index is 392. The van der Waals surface area contributed by atoms with Gasteiger partial charge in [-0.05, 0) is 50.4 Å². The van der Waals surface area contributed by atoms with Gasteiger partial charge in [0.15, 0.2) is 0 Å². The molecule has 100 valence electrons. The van der Waals surface area contributed by atoms with Crippen molar-refractivity contribution in [1.29, 1.82) is 0 Å². The second-order valence-electron chi connectivity index (χ2n) is 5.14. The molecule has 0 aromatic heterocycles. The molecule has 3 heteroatoms. The first-order chi connectivity index (χ1) is 8.70. The zero-order valence-corrected chi connectivity index (χ0v) is 11.5. The maximum absolute atomic E-state index is 5.70. The molecule has 0 amide bonds. The van der Waals surface area contributed by atoms with Crippen molar-refractivity contribution in [2.24, 2.45) is 5.73 Å². The Kier molecular flexibility index (Phi) is 4.61. The number of anilines is 1. The molecule has 2 N–H and O–H groups in total. The summed E-state index contributed by atoms with van der Waals surface area (Å²) in [7, 11) is 0. The van der Waals surface area contributed by atoms with Gasteiger partial charge in [0.05, 0.1) is 6.10 Å². The maximum atomic E-state index is 5.70.